The van der Waals surface area contributed by atoms with Crippen LogP contribution in [0.5, 0.6) is 0 Å². The third kappa shape index (κ3) is 4.73. The van der Waals surface area contributed by atoms with Gasteiger partial charge in [-0.25, -0.2) is 8.78 Å². The molecule has 1 N–H and O–H groups in total. The molecule has 0 aliphatic rings. The van der Waals surface area contributed by atoms with E-state index < -0.39 is 17.7 Å². The van der Waals surface area contributed by atoms with Gasteiger partial charge in [-0.05, 0) is 44.5 Å². The Balaban J connectivity index is 2.62. The average molecular weight is 269 g/mol. The molecule has 2 unspecified atom stereocenters. The largest absolute Gasteiger partial charge is 0.392 e. The van der Waals surface area contributed by atoms with Crippen LogP contribution in [0, 0.1) is 11.6 Å². The Labute approximate surface area is 113 Å². The van der Waals surface area contributed by atoms with Crippen LogP contribution in [0.2, 0.25) is 0 Å². The molecule has 1 aromatic carbocycles. The van der Waals surface area contributed by atoms with Crippen LogP contribution in [0.4, 0.5) is 8.78 Å². The fraction of sp³-hybridized carbons (Fsp3) is 0.467. The van der Waals surface area contributed by atoms with E-state index >= 15 is 0 Å². The minimum atomic E-state index is -0.843. The number of benzene rings is 1. The summed E-state index contributed by atoms with van der Waals surface area (Å²) in [6.07, 6.45) is 2.73. The third-order valence-corrected chi connectivity index (χ3v) is 3.29. The minimum Gasteiger partial charge on any atom is -0.392 e. The van der Waals surface area contributed by atoms with Crippen molar-refractivity contribution in [2.24, 2.45) is 0 Å². The molecule has 0 aliphatic heterocycles. The Kier molecular flexibility index (Phi) is 6.12. The van der Waals surface area contributed by atoms with Crippen molar-refractivity contribution in [3.8, 4) is 0 Å². The maximum atomic E-state index is 13.2. The lowest BCUT2D eigenvalue weighted by molar-refractivity contribution is 0.102. The highest BCUT2D eigenvalue weighted by Crippen LogP contribution is 2.21. The van der Waals surface area contributed by atoms with Gasteiger partial charge >= 0.3 is 0 Å². The first-order valence-corrected chi connectivity index (χ1v) is 6.39. The molecule has 0 heterocycles. The third-order valence-electron chi connectivity index (χ3n) is 3.29. The molecule has 19 heavy (non-hydrogen) atoms. The summed E-state index contributed by atoms with van der Waals surface area (Å²) in [7, 11) is 1.85. The highest BCUT2D eigenvalue weighted by atomic mass is 19.2. The topological polar surface area (TPSA) is 23.5 Å². The van der Waals surface area contributed by atoms with Crippen LogP contribution in [0.3, 0.4) is 0 Å². The smallest absolute Gasteiger partial charge is 0.159 e. The van der Waals surface area contributed by atoms with E-state index in [4.69, 9.17) is 0 Å². The van der Waals surface area contributed by atoms with Gasteiger partial charge in [-0.2, -0.15) is 0 Å². The Morgan fingerprint density at radius 1 is 1.37 bits per heavy atom. The van der Waals surface area contributed by atoms with Gasteiger partial charge in [-0.3, -0.25) is 4.90 Å². The normalized spacial score (nSPS) is 14.4. The molecule has 4 heteroatoms. The Bertz CT molecular complexity index is 423. The van der Waals surface area contributed by atoms with E-state index in [0.717, 1.165) is 12.5 Å². The molecule has 0 radical (unpaired) electrons. The second-order valence-electron chi connectivity index (χ2n) is 4.81. The van der Waals surface area contributed by atoms with Gasteiger partial charge in [0.2, 0.25) is 0 Å². The minimum absolute atomic E-state index is 0.0894. The van der Waals surface area contributed by atoms with Crippen LogP contribution in [0.1, 0.15) is 31.4 Å². The molecule has 2 atom stereocenters. The summed E-state index contributed by atoms with van der Waals surface area (Å²) < 4.78 is 26.1. The molecular formula is C15H21F2NO. The fourth-order valence-electron chi connectivity index (χ4n) is 1.92. The first kappa shape index (κ1) is 15.8. The van der Waals surface area contributed by atoms with Crippen LogP contribution in [0.15, 0.2) is 30.9 Å². The van der Waals surface area contributed by atoms with Gasteiger partial charge in [0.25, 0.3) is 0 Å². The highest BCUT2D eigenvalue weighted by molar-refractivity contribution is 5.20. The fourth-order valence-corrected chi connectivity index (χ4v) is 1.92. The van der Waals surface area contributed by atoms with Gasteiger partial charge < -0.3 is 5.11 Å². The van der Waals surface area contributed by atoms with E-state index in [1.807, 2.05) is 18.9 Å². The van der Waals surface area contributed by atoms with Crippen molar-refractivity contribution < 1.29 is 13.9 Å². The van der Waals surface area contributed by atoms with Crippen LogP contribution >= 0.6 is 0 Å². The maximum absolute atomic E-state index is 13.2. The summed E-state index contributed by atoms with van der Waals surface area (Å²) >= 11 is 0. The van der Waals surface area contributed by atoms with Crippen molar-refractivity contribution in [3.05, 3.63) is 48.1 Å². The number of rotatable bonds is 7. The van der Waals surface area contributed by atoms with Gasteiger partial charge in [0.15, 0.2) is 11.6 Å². The van der Waals surface area contributed by atoms with Crippen LogP contribution in [0.25, 0.3) is 0 Å². The van der Waals surface area contributed by atoms with Crippen molar-refractivity contribution in [2.45, 2.75) is 31.9 Å². The van der Waals surface area contributed by atoms with Gasteiger partial charge in [-0.15, -0.1) is 6.58 Å². The average Bonchev–Trinajstić information content (AvgIpc) is 2.38. The number of aliphatic hydroxyl groups is 1. The molecule has 0 aliphatic carbocycles. The SMILES string of the molecule is C=CCCC(O)CN(C)C(C)c1ccc(F)c(F)c1. The molecule has 1 aromatic rings. The van der Waals surface area contributed by atoms with Crippen LogP contribution in [-0.2, 0) is 0 Å². The molecular weight excluding hydrogens is 248 g/mol. The van der Waals surface area contributed by atoms with Crippen molar-refractivity contribution in [2.75, 3.05) is 13.6 Å². The molecule has 1 rings (SSSR count). The highest BCUT2D eigenvalue weighted by Gasteiger charge is 2.16. The molecule has 0 saturated heterocycles. The maximum Gasteiger partial charge on any atom is 0.159 e. The zero-order valence-corrected chi connectivity index (χ0v) is 11.4. The predicted octanol–water partition coefficient (Wildman–Crippen LogP) is 3.28. The van der Waals surface area contributed by atoms with Crippen molar-refractivity contribution in [1.82, 2.24) is 4.90 Å². The summed E-state index contributed by atoms with van der Waals surface area (Å²) in [5, 5.41) is 9.82. The van der Waals surface area contributed by atoms with Crippen LogP contribution < -0.4 is 0 Å². The number of hydrogen-bond acceptors (Lipinski definition) is 2. The van der Waals surface area contributed by atoms with E-state index in [0.29, 0.717) is 18.5 Å². The Morgan fingerprint density at radius 3 is 2.63 bits per heavy atom. The summed E-state index contributed by atoms with van der Waals surface area (Å²) in [4.78, 5) is 1.92. The number of aliphatic hydroxyl groups excluding tert-OH is 1. The number of nitrogens with zero attached hydrogens (tertiary/aromatic N) is 1. The molecule has 0 fully saturated rings. The van der Waals surface area contributed by atoms with E-state index in [-0.39, 0.29) is 6.04 Å². The van der Waals surface area contributed by atoms with Crippen molar-refractivity contribution >= 4 is 0 Å². The first-order valence-electron chi connectivity index (χ1n) is 6.39. The lowest BCUT2D eigenvalue weighted by Gasteiger charge is -2.27. The molecule has 0 amide bonds. The molecule has 0 spiro atoms. The summed E-state index contributed by atoms with van der Waals surface area (Å²) in [5.74, 6) is -1.69. The number of allylic oxidation sites excluding steroid dienone is 1. The van der Waals surface area contributed by atoms with Gasteiger partial charge in [0.1, 0.15) is 0 Å². The summed E-state index contributed by atoms with van der Waals surface area (Å²) in [6.45, 7) is 5.99. The first-order chi connectivity index (χ1) is 8.95. The molecule has 0 aromatic heterocycles. The quantitative estimate of drug-likeness (QED) is 0.768. The monoisotopic (exact) mass is 269 g/mol. The molecule has 0 saturated carbocycles. The zero-order valence-electron chi connectivity index (χ0n) is 11.4. The number of halogens is 2. The standard InChI is InChI=1S/C15H21F2NO/c1-4-5-6-13(19)10-18(3)11(2)12-7-8-14(16)15(17)9-12/h4,7-9,11,13,19H,1,5-6,10H2,2-3H3. The summed E-state index contributed by atoms with van der Waals surface area (Å²) in [6, 6.07) is 3.80. The Morgan fingerprint density at radius 2 is 2.05 bits per heavy atom. The van der Waals surface area contributed by atoms with Crippen molar-refractivity contribution in [1.29, 1.82) is 0 Å². The molecule has 2 nitrogen and oxygen atoms in total. The van der Waals surface area contributed by atoms with Crippen LogP contribution in [-0.4, -0.2) is 29.7 Å². The molecule has 106 valence electrons. The van der Waals surface area contributed by atoms with Gasteiger partial charge in [0, 0.05) is 12.6 Å². The number of likely N-dealkylation sites (N-methyl/N-ethyl adjacent to an activating group) is 1. The zero-order chi connectivity index (χ0) is 14.4. The predicted molar refractivity (Wildman–Crippen MR) is 72.8 cm³/mol. The van der Waals surface area contributed by atoms with E-state index in [1.54, 1.807) is 12.1 Å². The number of hydrogen-bond donors (Lipinski definition) is 1. The lowest BCUT2D eigenvalue weighted by Crippen LogP contribution is -2.31. The Hall–Kier alpha value is -1.26. The second kappa shape index (κ2) is 7.36. The van der Waals surface area contributed by atoms with Crippen molar-refractivity contribution in [3.63, 3.8) is 0 Å². The van der Waals surface area contributed by atoms with E-state index in [9.17, 15) is 13.9 Å². The second-order valence-corrected chi connectivity index (χ2v) is 4.81. The van der Waals surface area contributed by atoms with E-state index in [1.165, 1.54) is 6.07 Å². The van der Waals surface area contributed by atoms with Gasteiger partial charge in [-0.1, -0.05) is 12.1 Å². The summed E-state index contributed by atoms with van der Waals surface area (Å²) in [5.41, 5.74) is 0.692. The van der Waals surface area contributed by atoms with Gasteiger partial charge in [0.05, 0.1) is 6.10 Å². The van der Waals surface area contributed by atoms with E-state index in [2.05, 4.69) is 6.58 Å². The molecule has 0 bridgehead atoms. The lowest BCUT2D eigenvalue weighted by atomic mass is 10.1.